The summed E-state index contributed by atoms with van der Waals surface area (Å²) in [7, 11) is 0. The Morgan fingerprint density at radius 2 is 2.06 bits per heavy atom. The molecule has 0 amide bonds. The van der Waals surface area contributed by atoms with Crippen LogP contribution in [0.15, 0.2) is 36.4 Å². The Bertz CT molecular complexity index is 427. The summed E-state index contributed by atoms with van der Waals surface area (Å²) in [5, 5.41) is 8.66. The summed E-state index contributed by atoms with van der Waals surface area (Å²) in [5.74, 6) is -0.364. The molecule has 0 radical (unpaired) electrons. The lowest BCUT2D eigenvalue weighted by atomic mass is 9.87. The van der Waals surface area contributed by atoms with Crippen molar-refractivity contribution in [3.8, 4) is 5.75 Å². The van der Waals surface area contributed by atoms with Gasteiger partial charge in [0.1, 0.15) is 12.4 Å². The van der Waals surface area contributed by atoms with Crippen molar-refractivity contribution in [2.75, 3.05) is 6.61 Å². The van der Waals surface area contributed by atoms with Gasteiger partial charge in [-0.05, 0) is 23.1 Å². The molecule has 0 saturated carbocycles. The van der Waals surface area contributed by atoms with Crippen molar-refractivity contribution in [3.63, 3.8) is 0 Å². The molecule has 0 unspecified atom stereocenters. The largest absolute Gasteiger partial charge is 0.489 e. The fourth-order valence-electron chi connectivity index (χ4n) is 1.28. The first kappa shape index (κ1) is 13.3. The molecule has 1 N–H and O–H groups in total. The van der Waals surface area contributed by atoms with Crippen LogP contribution >= 0.6 is 0 Å². The first-order valence-electron chi connectivity index (χ1n) is 5.45. The molecular formula is C14H18O3. The van der Waals surface area contributed by atoms with E-state index >= 15 is 0 Å². The second kappa shape index (κ2) is 5.04. The Morgan fingerprint density at radius 3 is 2.59 bits per heavy atom. The van der Waals surface area contributed by atoms with Gasteiger partial charge >= 0.3 is 5.97 Å². The quantitative estimate of drug-likeness (QED) is 0.814. The minimum Gasteiger partial charge on any atom is -0.489 e. The van der Waals surface area contributed by atoms with Gasteiger partial charge in [-0.25, -0.2) is 4.79 Å². The predicted molar refractivity (Wildman–Crippen MR) is 67.4 cm³/mol. The van der Waals surface area contributed by atoms with Crippen molar-refractivity contribution >= 4 is 5.97 Å². The average molecular weight is 234 g/mol. The first-order valence-corrected chi connectivity index (χ1v) is 5.45. The number of carbonyl (C=O) groups is 1. The van der Waals surface area contributed by atoms with E-state index in [1.54, 1.807) is 0 Å². The van der Waals surface area contributed by atoms with E-state index in [1.165, 1.54) is 0 Å². The van der Waals surface area contributed by atoms with Gasteiger partial charge in [-0.3, -0.25) is 0 Å². The van der Waals surface area contributed by atoms with Gasteiger partial charge in [0.05, 0.1) is 5.57 Å². The highest BCUT2D eigenvalue weighted by molar-refractivity contribution is 5.86. The molecule has 0 fully saturated rings. The van der Waals surface area contributed by atoms with E-state index in [0.717, 1.165) is 5.56 Å². The molecular weight excluding hydrogens is 216 g/mol. The van der Waals surface area contributed by atoms with Crippen molar-refractivity contribution in [3.05, 3.63) is 42.0 Å². The zero-order valence-electron chi connectivity index (χ0n) is 10.5. The number of aliphatic carboxylic acids is 1. The molecule has 92 valence electrons. The van der Waals surface area contributed by atoms with Crippen molar-refractivity contribution in [1.29, 1.82) is 0 Å². The third-order valence-corrected chi connectivity index (χ3v) is 2.42. The van der Waals surface area contributed by atoms with Crippen LogP contribution in [0.25, 0.3) is 0 Å². The molecule has 0 heterocycles. The Hall–Kier alpha value is -1.77. The Morgan fingerprint density at radius 1 is 1.41 bits per heavy atom. The van der Waals surface area contributed by atoms with E-state index in [9.17, 15) is 4.79 Å². The summed E-state index contributed by atoms with van der Waals surface area (Å²) in [6.45, 7) is 9.76. The maximum atomic E-state index is 10.6. The molecule has 0 saturated heterocycles. The minimum atomic E-state index is -1.03. The van der Waals surface area contributed by atoms with E-state index < -0.39 is 5.97 Å². The van der Waals surface area contributed by atoms with Gasteiger partial charge in [-0.2, -0.15) is 0 Å². The van der Waals surface area contributed by atoms with Crippen LogP contribution in [0.5, 0.6) is 5.75 Å². The van der Waals surface area contributed by atoms with Crippen LogP contribution in [0, 0.1) is 0 Å². The number of ether oxygens (including phenoxy) is 1. The average Bonchev–Trinajstić information content (AvgIpc) is 2.25. The number of benzene rings is 1. The summed E-state index contributed by atoms with van der Waals surface area (Å²) in [6, 6.07) is 7.66. The highest BCUT2D eigenvalue weighted by atomic mass is 16.5. The van der Waals surface area contributed by atoms with Gasteiger partial charge < -0.3 is 9.84 Å². The lowest BCUT2D eigenvalue weighted by Gasteiger charge is -2.19. The molecule has 3 heteroatoms. The van der Waals surface area contributed by atoms with Gasteiger partial charge in [0.2, 0.25) is 0 Å². The number of carboxylic acid groups (broad SMARTS) is 1. The summed E-state index contributed by atoms with van der Waals surface area (Å²) in [4.78, 5) is 10.6. The Kier molecular flexibility index (Phi) is 3.94. The fourth-order valence-corrected chi connectivity index (χ4v) is 1.28. The normalized spacial score (nSPS) is 11.0. The minimum absolute atomic E-state index is 0.00291. The second-order valence-electron chi connectivity index (χ2n) is 4.98. The van der Waals surface area contributed by atoms with Crippen molar-refractivity contribution in [1.82, 2.24) is 0 Å². The fraction of sp³-hybridized carbons (Fsp3) is 0.357. The van der Waals surface area contributed by atoms with E-state index in [-0.39, 0.29) is 17.6 Å². The standard InChI is InChI=1S/C14H18O3/c1-10(13(15)16)9-17-12-7-5-6-11(8-12)14(2,3)4/h5-8H,1,9H2,2-4H3,(H,15,16). The molecule has 1 aromatic carbocycles. The lowest BCUT2D eigenvalue weighted by molar-refractivity contribution is -0.133. The number of rotatable bonds is 4. The van der Waals surface area contributed by atoms with Gasteiger partial charge in [0, 0.05) is 0 Å². The van der Waals surface area contributed by atoms with Crippen LogP contribution in [0.3, 0.4) is 0 Å². The maximum absolute atomic E-state index is 10.6. The summed E-state index contributed by atoms with van der Waals surface area (Å²) >= 11 is 0. The molecule has 0 aliphatic heterocycles. The van der Waals surface area contributed by atoms with Gasteiger partial charge in [-0.1, -0.05) is 39.5 Å². The van der Waals surface area contributed by atoms with Crippen LogP contribution in [-0.2, 0) is 10.2 Å². The predicted octanol–water partition coefficient (Wildman–Crippen LogP) is 3.00. The van der Waals surface area contributed by atoms with E-state index in [1.807, 2.05) is 24.3 Å². The monoisotopic (exact) mass is 234 g/mol. The molecule has 0 spiro atoms. The third-order valence-electron chi connectivity index (χ3n) is 2.42. The molecule has 0 aromatic heterocycles. The van der Waals surface area contributed by atoms with E-state index in [4.69, 9.17) is 9.84 Å². The van der Waals surface area contributed by atoms with Crippen LogP contribution in [0.2, 0.25) is 0 Å². The topological polar surface area (TPSA) is 46.5 Å². The lowest BCUT2D eigenvalue weighted by Crippen LogP contribution is -2.12. The zero-order valence-corrected chi connectivity index (χ0v) is 10.5. The van der Waals surface area contributed by atoms with Crippen LogP contribution in [-0.4, -0.2) is 17.7 Å². The highest BCUT2D eigenvalue weighted by Crippen LogP contribution is 2.25. The molecule has 0 atom stereocenters. The summed E-state index contributed by atoms with van der Waals surface area (Å²) < 4.78 is 5.38. The van der Waals surface area contributed by atoms with Gasteiger partial charge in [0.15, 0.2) is 0 Å². The third kappa shape index (κ3) is 3.94. The highest BCUT2D eigenvalue weighted by Gasteiger charge is 2.14. The molecule has 1 rings (SSSR count). The maximum Gasteiger partial charge on any atom is 0.334 e. The Labute approximate surface area is 102 Å². The molecule has 17 heavy (non-hydrogen) atoms. The van der Waals surface area contributed by atoms with Crippen LogP contribution < -0.4 is 4.74 Å². The number of carboxylic acids is 1. The molecule has 1 aromatic rings. The Balaban J connectivity index is 2.73. The summed E-state index contributed by atoms with van der Waals surface area (Å²) in [6.07, 6.45) is 0. The van der Waals surface area contributed by atoms with E-state index in [0.29, 0.717) is 5.75 Å². The van der Waals surface area contributed by atoms with Crippen LogP contribution in [0.1, 0.15) is 26.3 Å². The van der Waals surface area contributed by atoms with Crippen molar-refractivity contribution < 1.29 is 14.6 Å². The second-order valence-corrected chi connectivity index (χ2v) is 4.98. The molecule has 0 bridgehead atoms. The zero-order chi connectivity index (χ0) is 13.1. The molecule has 0 aliphatic carbocycles. The van der Waals surface area contributed by atoms with E-state index in [2.05, 4.69) is 27.4 Å². The first-order chi connectivity index (χ1) is 7.80. The van der Waals surface area contributed by atoms with Crippen molar-refractivity contribution in [2.24, 2.45) is 0 Å². The van der Waals surface area contributed by atoms with Crippen LogP contribution in [0.4, 0.5) is 0 Å². The van der Waals surface area contributed by atoms with Crippen molar-refractivity contribution in [2.45, 2.75) is 26.2 Å². The van der Waals surface area contributed by atoms with Gasteiger partial charge in [0.25, 0.3) is 0 Å². The SMILES string of the molecule is C=C(COc1cccc(C(C)(C)C)c1)C(=O)O. The molecule has 0 aliphatic rings. The number of hydrogen-bond donors (Lipinski definition) is 1. The van der Waals surface area contributed by atoms with Gasteiger partial charge in [-0.15, -0.1) is 0 Å². The summed E-state index contributed by atoms with van der Waals surface area (Å²) in [5.41, 5.74) is 1.24. The number of hydrogen-bond acceptors (Lipinski definition) is 2. The smallest absolute Gasteiger partial charge is 0.334 e. The molecule has 3 nitrogen and oxygen atoms in total.